The van der Waals surface area contributed by atoms with Crippen LogP contribution in [-0.2, 0) is 0 Å². The Hall–Kier alpha value is -1.96. The first-order valence-corrected chi connectivity index (χ1v) is 4.71. The van der Waals surface area contributed by atoms with E-state index in [1.807, 2.05) is 0 Å². The fourth-order valence-corrected chi connectivity index (χ4v) is 1.11. The fourth-order valence-electron chi connectivity index (χ4n) is 1.11. The maximum atomic E-state index is 11.9. The smallest absolute Gasteiger partial charge is 0.406 e. The summed E-state index contributed by atoms with van der Waals surface area (Å²) in [6, 6.07) is 4.75. The highest BCUT2D eigenvalue weighted by Gasteiger charge is 2.30. The molecule has 0 heterocycles. The topological polar surface area (TPSA) is 26.3 Å². The van der Waals surface area contributed by atoms with Crippen LogP contribution >= 0.6 is 0 Å². The third-order valence-corrected chi connectivity index (χ3v) is 1.84. The molecule has 0 bridgehead atoms. The number of ketones is 1. The van der Waals surface area contributed by atoms with Gasteiger partial charge in [0.05, 0.1) is 6.42 Å². The van der Waals surface area contributed by atoms with Crippen molar-refractivity contribution in [2.45, 2.75) is 19.7 Å². The normalized spacial score (nSPS) is 10.4. The van der Waals surface area contributed by atoms with E-state index in [9.17, 15) is 18.0 Å². The zero-order valence-electron chi connectivity index (χ0n) is 8.97. The SMILES string of the molecule is CC#CCC(=O)c1ccc(OC(F)(F)F)cc1. The van der Waals surface area contributed by atoms with Gasteiger partial charge in [-0.15, -0.1) is 19.1 Å². The van der Waals surface area contributed by atoms with Crippen molar-refractivity contribution in [3.8, 4) is 17.6 Å². The van der Waals surface area contributed by atoms with Gasteiger partial charge < -0.3 is 4.74 Å². The second kappa shape index (κ2) is 5.39. The molecule has 0 saturated heterocycles. The number of Topliss-reactive ketones (excluding diaryl/α,β-unsaturated/α-hetero) is 1. The summed E-state index contributed by atoms with van der Waals surface area (Å²) in [5.41, 5.74) is 0.308. The Balaban J connectivity index is 2.73. The number of rotatable bonds is 3. The van der Waals surface area contributed by atoms with Crippen molar-refractivity contribution in [1.82, 2.24) is 0 Å². The summed E-state index contributed by atoms with van der Waals surface area (Å²) in [6.07, 6.45) is -4.67. The Bertz CT molecular complexity index is 449. The fraction of sp³-hybridized carbons (Fsp3) is 0.250. The molecule has 5 heteroatoms. The first-order valence-electron chi connectivity index (χ1n) is 4.71. The third kappa shape index (κ3) is 4.60. The molecular weight excluding hydrogens is 233 g/mol. The summed E-state index contributed by atoms with van der Waals surface area (Å²) < 4.78 is 39.3. The highest BCUT2D eigenvalue weighted by molar-refractivity contribution is 5.97. The van der Waals surface area contributed by atoms with Crippen LogP contribution in [0.1, 0.15) is 23.7 Å². The molecule has 2 nitrogen and oxygen atoms in total. The zero-order valence-corrected chi connectivity index (χ0v) is 8.97. The maximum Gasteiger partial charge on any atom is 0.573 e. The molecule has 0 atom stereocenters. The minimum atomic E-state index is -4.72. The largest absolute Gasteiger partial charge is 0.573 e. The van der Waals surface area contributed by atoms with Crippen molar-refractivity contribution in [2.24, 2.45) is 0 Å². The number of carbonyl (C=O) groups is 1. The van der Waals surface area contributed by atoms with Crippen molar-refractivity contribution < 1.29 is 22.7 Å². The summed E-state index contributed by atoms with van der Waals surface area (Å²) in [5, 5.41) is 0. The Morgan fingerprint density at radius 1 is 1.29 bits per heavy atom. The average molecular weight is 242 g/mol. The van der Waals surface area contributed by atoms with Crippen LogP contribution in [0.3, 0.4) is 0 Å². The second-order valence-corrected chi connectivity index (χ2v) is 3.10. The van der Waals surface area contributed by atoms with Crippen molar-refractivity contribution in [3.05, 3.63) is 29.8 Å². The van der Waals surface area contributed by atoms with Gasteiger partial charge in [-0.2, -0.15) is 0 Å². The molecule has 0 aliphatic carbocycles. The van der Waals surface area contributed by atoms with Crippen LogP contribution in [0.15, 0.2) is 24.3 Å². The Kier molecular flexibility index (Phi) is 4.16. The lowest BCUT2D eigenvalue weighted by molar-refractivity contribution is -0.274. The van der Waals surface area contributed by atoms with Gasteiger partial charge >= 0.3 is 6.36 Å². The van der Waals surface area contributed by atoms with Gasteiger partial charge in [-0.1, -0.05) is 5.92 Å². The quantitative estimate of drug-likeness (QED) is 0.601. The van der Waals surface area contributed by atoms with Gasteiger partial charge in [0, 0.05) is 5.56 Å². The third-order valence-electron chi connectivity index (χ3n) is 1.84. The molecule has 0 unspecified atom stereocenters. The highest BCUT2D eigenvalue weighted by atomic mass is 19.4. The molecule has 0 fully saturated rings. The van der Waals surface area contributed by atoms with Crippen LogP contribution < -0.4 is 4.74 Å². The van der Waals surface area contributed by atoms with Gasteiger partial charge in [-0.05, 0) is 31.2 Å². The molecule has 0 N–H and O–H groups in total. The first kappa shape index (κ1) is 13.1. The number of hydrogen-bond acceptors (Lipinski definition) is 2. The number of alkyl halides is 3. The van der Waals surface area contributed by atoms with Crippen molar-refractivity contribution in [3.63, 3.8) is 0 Å². The van der Waals surface area contributed by atoms with E-state index in [1.165, 1.54) is 12.1 Å². The van der Waals surface area contributed by atoms with Gasteiger partial charge in [0.15, 0.2) is 5.78 Å². The maximum absolute atomic E-state index is 11.9. The Morgan fingerprint density at radius 2 is 1.88 bits per heavy atom. The van der Waals surface area contributed by atoms with E-state index in [4.69, 9.17) is 0 Å². The van der Waals surface area contributed by atoms with Gasteiger partial charge in [0.1, 0.15) is 5.75 Å². The molecule has 0 amide bonds. The Morgan fingerprint density at radius 3 is 2.35 bits per heavy atom. The number of ether oxygens (including phenoxy) is 1. The lowest BCUT2D eigenvalue weighted by Crippen LogP contribution is -2.17. The summed E-state index contributed by atoms with van der Waals surface area (Å²) in [6.45, 7) is 1.60. The van der Waals surface area contributed by atoms with Crippen LogP contribution in [0.2, 0.25) is 0 Å². The van der Waals surface area contributed by atoms with Crippen molar-refractivity contribution >= 4 is 5.78 Å². The van der Waals surface area contributed by atoms with E-state index >= 15 is 0 Å². The van der Waals surface area contributed by atoms with Crippen LogP contribution in [-0.4, -0.2) is 12.1 Å². The molecule has 1 rings (SSSR count). The number of hydrogen-bond donors (Lipinski definition) is 0. The molecule has 1 aromatic carbocycles. The van der Waals surface area contributed by atoms with E-state index in [-0.39, 0.29) is 18.0 Å². The van der Waals surface area contributed by atoms with E-state index in [0.717, 1.165) is 12.1 Å². The predicted molar refractivity (Wildman–Crippen MR) is 55.5 cm³/mol. The van der Waals surface area contributed by atoms with E-state index < -0.39 is 6.36 Å². The summed E-state index contributed by atoms with van der Waals surface area (Å²) in [7, 11) is 0. The van der Waals surface area contributed by atoms with Crippen LogP contribution in [0.5, 0.6) is 5.75 Å². The summed E-state index contributed by atoms with van der Waals surface area (Å²) in [5.74, 6) is 4.57. The molecule has 90 valence electrons. The monoisotopic (exact) mass is 242 g/mol. The molecule has 0 aliphatic heterocycles. The highest BCUT2D eigenvalue weighted by Crippen LogP contribution is 2.22. The van der Waals surface area contributed by atoms with Crippen LogP contribution in [0.4, 0.5) is 13.2 Å². The first-order chi connectivity index (χ1) is 7.92. The second-order valence-electron chi connectivity index (χ2n) is 3.10. The standard InChI is InChI=1S/C12H9F3O2/c1-2-3-4-11(16)9-5-7-10(8-6-9)17-12(13,14)15/h5-8H,4H2,1H3. The zero-order chi connectivity index (χ0) is 12.9. The summed E-state index contributed by atoms with van der Waals surface area (Å²) in [4.78, 5) is 11.4. The van der Waals surface area contributed by atoms with Crippen molar-refractivity contribution in [2.75, 3.05) is 0 Å². The van der Waals surface area contributed by atoms with E-state index in [0.29, 0.717) is 5.56 Å². The number of benzene rings is 1. The molecule has 0 radical (unpaired) electrons. The number of carbonyl (C=O) groups excluding carboxylic acids is 1. The molecular formula is C12H9F3O2. The lowest BCUT2D eigenvalue weighted by Gasteiger charge is -2.08. The average Bonchev–Trinajstić information content (AvgIpc) is 2.24. The lowest BCUT2D eigenvalue weighted by atomic mass is 10.1. The number of halogens is 3. The molecule has 0 saturated carbocycles. The molecule has 0 aromatic heterocycles. The molecule has 1 aromatic rings. The minimum Gasteiger partial charge on any atom is -0.406 e. The van der Waals surface area contributed by atoms with E-state index in [1.54, 1.807) is 6.92 Å². The van der Waals surface area contributed by atoms with Gasteiger partial charge in [-0.3, -0.25) is 4.79 Å². The van der Waals surface area contributed by atoms with Crippen LogP contribution in [0.25, 0.3) is 0 Å². The minimum absolute atomic E-state index is 0.0516. The van der Waals surface area contributed by atoms with Gasteiger partial charge in [0.2, 0.25) is 0 Å². The Labute approximate surface area is 96.4 Å². The van der Waals surface area contributed by atoms with Crippen LogP contribution in [0, 0.1) is 11.8 Å². The van der Waals surface area contributed by atoms with Gasteiger partial charge in [-0.25, -0.2) is 0 Å². The molecule has 17 heavy (non-hydrogen) atoms. The van der Waals surface area contributed by atoms with Gasteiger partial charge in [0.25, 0.3) is 0 Å². The molecule has 0 aliphatic rings. The van der Waals surface area contributed by atoms with E-state index in [2.05, 4.69) is 16.6 Å². The van der Waals surface area contributed by atoms with Crippen molar-refractivity contribution in [1.29, 1.82) is 0 Å². The predicted octanol–water partition coefficient (Wildman–Crippen LogP) is 3.18. The molecule has 0 spiro atoms. The summed E-state index contributed by atoms with van der Waals surface area (Å²) >= 11 is 0.